The molecule has 136 valence electrons. The predicted octanol–water partition coefficient (Wildman–Crippen LogP) is 0.942. The summed E-state index contributed by atoms with van der Waals surface area (Å²) in [7, 11) is 3.79. The second kappa shape index (κ2) is 8.37. The summed E-state index contributed by atoms with van der Waals surface area (Å²) in [5, 5.41) is 14.7. The summed E-state index contributed by atoms with van der Waals surface area (Å²) in [5.41, 5.74) is 1.34. The van der Waals surface area contributed by atoms with Crippen molar-refractivity contribution in [2.75, 3.05) is 38.1 Å². The lowest BCUT2D eigenvalue weighted by atomic mass is 10.1. The van der Waals surface area contributed by atoms with Gasteiger partial charge in [0.2, 0.25) is 0 Å². The molecule has 1 aliphatic heterocycles. The number of guanidine groups is 1. The molecule has 1 aromatic heterocycles. The van der Waals surface area contributed by atoms with Crippen LogP contribution in [0.3, 0.4) is 0 Å². The first-order chi connectivity index (χ1) is 11.4. The quantitative estimate of drug-likeness (QED) is 0.424. The number of anilines is 1. The van der Waals surface area contributed by atoms with E-state index in [0.29, 0.717) is 6.04 Å². The van der Waals surface area contributed by atoms with Crippen LogP contribution in [-0.4, -0.2) is 60.5 Å². The number of hydrogen-bond acceptors (Lipinski definition) is 4. The van der Waals surface area contributed by atoms with Gasteiger partial charge in [-0.25, -0.2) is 0 Å². The lowest BCUT2D eigenvalue weighted by Gasteiger charge is -2.34. The largest absolute Gasteiger partial charge is 0.367 e. The van der Waals surface area contributed by atoms with Crippen molar-refractivity contribution in [1.82, 2.24) is 25.7 Å². The minimum atomic E-state index is 0.145. The van der Waals surface area contributed by atoms with Crippen LogP contribution in [0.4, 0.5) is 5.69 Å². The van der Waals surface area contributed by atoms with Crippen molar-refractivity contribution in [3.63, 3.8) is 0 Å². The summed E-state index contributed by atoms with van der Waals surface area (Å²) in [6.07, 6.45) is 6.36. The number of hydrogen-bond donors (Lipinski definition) is 3. The molecule has 1 atom stereocenters. The maximum Gasteiger partial charge on any atom is 0.191 e. The highest BCUT2D eigenvalue weighted by Gasteiger charge is 2.21. The van der Waals surface area contributed by atoms with E-state index < -0.39 is 0 Å². The highest BCUT2D eigenvalue weighted by Crippen LogP contribution is 2.18. The van der Waals surface area contributed by atoms with Crippen LogP contribution >= 0.6 is 0 Å². The van der Waals surface area contributed by atoms with Crippen molar-refractivity contribution in [1.29, 1.82) is 0 Å². The molecule has 1 aliphatic rings. The zero-order valence-corrected chi connectivity index (χ0v) is 15.8. The summed E-state index contributed by atoms with van der Waals surface area (Å²) in [5.74, 6) is 0.878. The van der Waals surface area contributed by atoms with E-state index in [1.54, 1.807) is 0 Å². The van der Waals surface area contributed by atoms with Gasteiger partial charge >= 0.3 is 0 Å². The third kappa shape index (κ3) is 6.03. The topological polar surface area (TPSA) is 69.5 Å². The Kier molecular flexibility index (Phi) is 6.48. The fourth-order valence-corrected chi connectivity index (χ4v) is 2.91. The Morgan fingerprint density at radius 2 is 2.17 bits per heavy atom. The Morgan fingerprint density at radius 3 is 2.79 bits per heavy atom. The van der Waals surface area contributed by atoms with Crippen molar-refractivity contribution in [3.8, 4) is 0 Å². The van der Waals surface area contributed by atoms with Crippen molar-refractivity contribution in [2.24, 2.45) is 12.0 Å². The molecule has 0 saturated carbocycles. The summed E-state index contributed by atoms with van der Waals surface area (Å²) in [6, 6.07) is 0.403. The summed E-state index contributed by atoms with van der Waals surface area (Å²) in [4.78, 5) is 6.74. The smallest absolute Gasteiger partial charge is 0.191 e. The Bertz CT molecular complexity index is 529. The van der Waals surface area contributed by atoms with Crippen molar-refractivity contribution >= 4 is 11.6 Å². The molecule has 7 heteroatoms. The van der Waals surface area contributed by atoms with Crippen LogP contribution in [0.25, 0.3) is 0 Å². The molecule has 1 saturated heterocycles. The number of piperidine rings is 1. The summed E-state index contributed by atoms with van der Waals surface area (Å²) < 4.78 is 1.86. The third-order valence-electron chi connectivity index (χ3n) is 4.12. The first-order valence-corrected chi connectivity index (χ1v) is 8.83. The second-order valence-corrected chi connectivity index (χ2v) is 7.48. The number of nitrogens with zero attached hydrogens (tertiary/aromatic N) is 4. The van der Waals surface area contributed by atoms with E-state index in [-0.39, 0.29) is 5.54 Å². The molecule has 3 N–H and O–H groups in total. The Labute approximate surface area is 145 Å². The lowest BCUT2D eigenvalue weighted by Crippen LogP contribution is -2.52. The molecule has 1 fully saturated rings. The number of nitrogens with one attached hydrogen (secondary N) is 3. The van der Waals surface area contributed by atoms with Crippen molar-refractivity contribution in [2.45, 2.75) is 45.2 Å². The zero-order valence-electron chi connectivity index (χ0n) is 15.8. The minimum Gasteiger partial charge on any atom is -0.367 e. The third-order valence-corrected chi connectivity index (χ3v) is 4.12. The lowest BCUT2D eigenvalue weighted by molar-refractivity contribution is 0.426. The maximum absolute atomic E-state index is 4.35. The second-order valence-electron chi connectivity index (χ2n) is 7.48. The molecule has 0 amide bonds. The van der Waals surface area contributed by atoms with Crippen LogP contribution in [0.15, 0.2) is 17.4 Å². The zero-order chi connectivity index (χ0) is 17.6. The van der Waals surface area contributed by atoms with Crippen LogP contribution in [0, 0.1) is 0 Å². The van der Waals surface area contributed by atoms with Gasteiger partial charge in [-0.15, -0.1) is 0 Å². The van der Waals surface area contributed by atoms with E-state index in [1.807, 2.05) is 25.0 Å². The van der Waals surface area contributed by atoms with Gasteiger partial charge in [0.1, 0.15) is 0 Å². The summed E-state index contributed by atoms with van der Waals surface area (Å²) in [6.45, 7) is 10.4. The van der Waals surface area contributed by atoms with Gasteiger partial charge in [0.05, 0.1) is 11.9 Å². The minimum absolute atomic E-state index is 0.145. The first-order valence-electron chi connectivity index (χ1n) is 8.83. The molecule has 24 heavy (non-hydrogen) atoms. The Hall–Kier alpha value is -1.76. The summed E-state index contributed by atoms with van der Waals surface area (Å²) >= 11 is 0. The Balaban J connectivity index is 1.78. The van der Waals surface area contributed by atoms with Crippen molar-refractivity contribution in [3.05, 3.63) is 12.4 Å². The average Bonchev–Trinajstić information content (AvgIpc) is 2.96. The number of aliphatic imine (C=N–C) groups is 1. The van der Waals surface area contributed by atoms with E-state index in [0.717, 1.165) is 38.6 Å². The number of aromatic nitrogens is 2. The fraction of sp³-hybridized carbons (Fsp3) is 0.765. The maximum atomic E-state index is 4.35. The van der Waals surface area contributed by atoms with Gasteiger partial charge in [0, 0.05) is 58.1 Å². The fourth-order valence-electron chi connectivity index (χ4n) is 2.91. The van der Waals surface area contributed by atoms with E-state index in [9.17, 15) is 0 Å². The highest BCUT2D eigenvalue weighted by atomic mass is 15.3. The van der Waals surface area contributed by atoms with E-state index in [1.165, 1.54) is 12.1 Å². The molecule has 7 nitrogen and oxygen atoms in total. The van der Waals surface area contributed by atoms with Gasteiger partial charge in [-0.05, 0) is 33.6 Å². The normalized spacial score (nSPS) is 19.5. The van der Waals surface area contributed by atoms with Gasteiger partial charge in [-0.3, -0.25) is 9.67 Å². The SMILES string of the molecule is CN=C(NCCNC(C)(C)C)NC1CCCN(c2cnn(C)c2)C1. The van der Waals surface area contributed by atoms with E-state index in [4.69, 9.17) is 0 Å². The highest BCUT2D eigenvalue weighted by molar-refractivity contribution is 5.80. The van der Waals surface area contributed by atoms with Gasteiger partial charge in [-0.2, -0.15) is 5.10 Å². The molecular formula is C17H33N7. The average molecular weight is 336 g/mol. The molecule has 2 heterocycles. The van der Waals surface area contributed by atoms with Gasteiger partial charge in [0.25, 0.3) is 0 Å². The van der Waals surface area contributed by atoms with E-state index >= 15 is 0 Å². The van der Waals surface area contributed by atoms with Crippen LogP contribution < -0.4 is 20.9 Å². The van der Waals surface area contributed by atoms with Gasteiger partial charge < -0.3 is 20.9 Å². The predicted molar refractivity (Wildman–Crippen MR) is 101 cm³/mol. The Morgan fingerprint density at radius 1 is 1.38 bits per heavy atom. The monoisotopic (exact) mass is 335 g/mol. The number of aryl methyl sites for hydroxylation is 1. The molecule has 0 bridgehead atoms. The van der Waals surface area contributed by atoms with E-state index in [2.05, 4.69) is 57.9 Å². The van der Waals surface area contributed by atoms with Crippen LogP contribution in [0.5, 0.6) is 0 Å². The molecule has 0 radical (unpaired) electrons. The molecular weight excluding hydrogens is 302 g/mol. The molecule has 0 aliphatic carbocycles. The van der Waals surface area contributed by atoms with Crippen LogP contribution in [0.2, 0.25) is 0 Å². The first kappa shape index (κ1) is 18.6. The van der Waals surface area contributed by atoms with Crippen molar-refractivity contribution < 1.29 is 0 Å². The molecule has 1 aromatic rings. The van der Waals surface area contributed by atoms with Crippen LogP contribution in [-0.2, 0) is 7.05 Å². The van der Waals surface area contributed by atoms with Gasteiger partial charge in [-0.1, -0.05) is 0 Å². The molecule has 1 unspecified atom stereocenters. The van der Waals surface area contributed by atoms with Gasteiger partial charge in [0.15, 0.2) is 5.96 Å². The molecule has 0 spiro atoms. The van der Waals surface area contributed by atoms with Crippen LogP contribution in [0.1, 0.15) is 33.6 Å². The number of rotatable bonds is 5. The molecule has 2 rings (SSSR count). The molecule has 0 aromatic carbocycles. The standard InChI is InChI=1S/C17H33N7/c1-17(2,3)20-9-8-19-16(18-4)22-14-7-6-10-24(12-14)15-11-21-23(5)13-15/h11,13-14,20H,6-10,12H2,1-5H3,(H2,18,19,22).